The first-order valence-corrected chi connectivity index (χ1v) is 3.11. The van der Waals surface area contributed by atoms with Crippen LogP contribution in [0.15, 0.2) is 5.10 Å². The fourth-order valence-corrected chi connectivity index (χ4v) is 1.31. The van der Waals surface area contributed by atoms with Crippen molar-refractivity contribution in [2.24, 2.45) is 5.10 Å². The van der Waals surface area contributed by atoms with Crippen molar-refractivity contribution in [2.75, 3.05) is 6.54 Å². The molecule has 0 fully saturated rings. The maximum Gasteiger partial charge on any atom is 0.190 e. The highest BCUT2D eigenvalue weighted by molar-refractivity contribution is 5.94. The van der Waals surface area contributed by atoms with Crippen LogP contribution in [0.3, 0.4) is 0 Å². The lowest BCUT2D eigenvalue weighted by Crippen LogP contribution is -2.00. The van der Waals surface area contributed by atoms with Gasteiger partial charge in [-0.3, -0.25) is 0 Å². The summed E-state index contributed by atoms with van der Waals surface area (Å²) in [6.45, 7) is 1.16. The van der Waals surface area contributed by atoms with Crippen molar-refractivity contribution in [1.29, 1.82) is 0 Å². The van der Waals surface area contributed by atoms with Gasteiger partial charge in [-0.1, -0.05) is 4.68 Å². The van der Waals surface area contributed by atoms with Crippen LogP contribution < -0.4 is 0 Å². The molecule has 2 rings (SSSR count). The quantitative estimate of drug-likeness (QED) is 0.405. The smallest absolute Gasteiger partial charge is 0.0924 e. The van der Waals surface area contributed by atoms with Crippen LogP contribution >= 0.6 is 0 Å². The molecule has 0 radical (unpaired) electrons. The number of hydrogen-bond donors (Lipinski definition) is 0. The maximum atomic E-state index is 4.17. The van der Waals surface area contributed by atoms with E-state index in [2.05, 4.69) is 9.79 Å². The van der Waals surface area contributed by atoms with Gasteiger partial charge in [-0.25, -0.2) is 0 Å². The summed E-state index contributed by atoms with van der Waals surface area (Å²) < 4.78 is 2.12. The van der Waals surface area contributed by atoms with Crippen LogP contribution in [0.4, 0.5) is 0 Å². The first-order chi connectivity index (χ1) is 3.97. The number of nitrogens with zero attached hydrogens (tertiary/aromatic N) is 2. The largest absolute Gasteiger partial charge is 0.190 e. The minimum Gasteiger partial charge on any atom is -0.0924 e. The summed E-state index contributed by atoms with van der Waals surface area (Å²) in [6, 6.07) is 0. The van der Waals surface area contributed by atoms with Crippen LogP contribution in [-0.2, 0) is 0 Å². The predicted molar refractivity (Wildman–Crippen MR) is 32.5 cm³/mol. The van der Waals surface area contributed by atoms with E-state index >= 15 is 0 Å². The Hall–Kier alpha value is -0.660. The molecule has 0 amide bonds. The number of hydrazone groups is 1. The monoisotopic (exact) mass is 109 g/mol. The first-order valence-electron chi connectivity index (χ1n) is 3.11. The third-order valence-electron chi connectivity index (χ3n) is 1.75. The van der Waals surface area contributed by atoms with Gasteiger partial charge >= 0.3 is 0 Å². The Morgan fingerprint density at radius 3 is 3.50 bits per heavy atom. The third-order valence-corrected chi connectivity index (χ3v) is 1.75. The molecule has 0 aliphatic carbocycles. The summed E-state index contributed by atoms with van der Waals surface area (Å²) >= 11 is 0. The Kier molecular flexibility index (Phi) is 0.745. The van der Waals surface area contributed by atoms with Gasteiger partial charge in [0.15, 0.2) is 12.3 Å². The molecule has 0 N–H and O–H groups in total. The van der Waals surface area contributed by atoms with Crippen LogP contribution in [0.25, 0.3) is 0 Å². The second-order valence-corrected chi connectivity index (χ2v) is 2.30. The molecular weight excluding hydrogens is 100 g/mol. The van der Waals surface area contributed by atoms with E-state index in [1.165, 1.54) is 18.6 Å². The SMILES string of the molecule is C1=N[N+]2=C(C1)CCC2. The molecule has 0 atom stereocenters. The van der Waals surface area contributed by atoms with E-state index in [9.17, 15) is 0 Å². The molecule has 0 saturated carbocycles. The molecule has 2 nitrogen and oxygen atoms in total. The molecule has 2 aliphatic rings. The fourth-order valence-electron chi connectivity index (χ4n) is 1.31. The molecule has 42 valence electrons. The lowest BCUT2D eigenvalue weighted by molar-refractivity contribution is -0.522. The van der Waals surface area contributed by atoms with Gasteiger partial charge in [0, 0.05) is 12.8 Å². The Morgan fingerprint density at radius 2 is 2.62 bits per heavy atom. The van der Waals surface area contributed by atoms with E-state index in [1.54, 1.807) is 0 Å². The summed E-state index contributed by atoms with van der Waals surface area (Å²) in [5, 5.41) is 4.17. The van der Waals surface area contributed by atoms with E-state index in [0.29, 0.717) is 0 Å². The molecule has 0 saturated heterocycles. The second-order valence-electron chi connectivity index (χ2n) is 2.30. The highest BCUT2D eigenvalue weighted by atomic mass is 15.4. The fraction of sp³-hybridized carbons (Fsp3) is 0.667. The highest BCUT2D eigenvalue weighted by Gasteiger charge is 2.24. The lowest BCUT2D eigenvalue weighted by atomic mass is 10.2. The first kappa shape index (κ1) is 4.24. The lowest BCUT2D eigenvalue weighted by Gasteiger charge is -1.77. The van der Waals surface area contributed by atoms with Crippen molar-refractivity contribution in [3.05, 3.63) is 0 Å². The van der Waals surface area contributed by atoms with Gasteiger partial charge in [0.2, 0.25) is 0 Å². The normalized spacial score (nSPS) is 25.0. The van der Waals surface area contributed by atoms with Gasteiger partial charge in [0.05, 0.1) is 12.6 Å². The van der Waals surface area contributed by atoms with Crippen molar-refractivity contribution in [3.63, 3.8) is 0 Å². The Morgan fingerprint density at radius 1 is 1.62 bits per heavy atom. The zero-order valence-corrected chi connectivity index (χ0v) is 4.80. The van der Waals surface area contributed by atoms with Crippen molar-refractivity contribution >= 4 is 11.9 Å². The zero-order valence-electron chi connectivity index (χ0n) is 4.80. The van der Waals surface area contributed by atoms with Gasteiger partial charge in [-0.05, 0) is 5.10 Å². The zero-order chi connectivity index (χ0) is 5.40. The Balaban J connectivity index is 2.33. The molecule has 0 spiro atoms. The summed E-state index contributed by atoms with van der Waals surface area (Å²) in [4.78, 5) is 0. The van der Waals surface area contributed by atoms with Crippen molar-refractivity contribution in [1.82, 2.24) is 0 Å². The van der Waals surface area contributed by atoms with E-state index < -0.39 is 0 Å². The molecule has 0 aromatic heterocycles. The second kappa shape index (κ2) is 1.41. The molecule has 2 aliphatic heterocycles. The number of rotatable bonds is 0. The van der Waals surface area contributed by atoms with Crippen molar-refractivity contribution in [3.8, 4) is 0 Å². The molecule has 0 unspecified atom stereocenters. The molecular formula is C6H9N2+. The van der Waals surface area contributed by atoms with Gasteiger partial charge in [-0.2, -0.15) is 0 Å². The summed E-state index contributed by atoms with van der Waals surface area (Å²) in [5.41, 5.74) is 1.52. The van der Waals surface area contributed by atoms with Crippen LogP contribution in [0.2, 0.25) is 0 Å². The maximum absolute atomic E-state index is 4.17. The van der Waals surface area contributed by atoms with Gasteiger partial charge < -0.3 is 0 Å². The molecule has 0 bridgehead atoms. The molecule has 2 heterocycles. The minimum atomic E-state index is 1.11. The molecule has 2 heteroatoms. The Labute approximate surface area is 48.5 Å². The minimum absolute atomic E-state index is 1.11. The van der Waals surface area contributed by atoms with E-state index in [1.807, 2.05) is 6.21 Å². The van der Waals surface area contributed by atoms with Gasteiger partial charge in [-0.15, -0.1) is 0 Å². The van der Waals surface area contributed by atoms with Gasteiger partial charge in [0.1, 0.15) is 0 Å². The van der Waals surface area contributed by atoms with Crippen LogP contribution in [0.1, 0.15) is 19.3 Å². The van der Waals surface area contributed by atoms with Crippen molar-refractivity contribution < 1.29 is 4.68 Å². The van der Waals surface area contributed by atoms with Crippen molar-refractivity contribution in [2.45, 2.75) is 19.3 Å². The summed E-state index contributed by atoms with van der Waals surface area (Å²) in [7, 11) is 0. The van der Waals surface area contributed by atoms with Crippen LogP contribution in [0.5, 0.6) is 0 Å². The highest BCUT2D eigenvalue weighted by Crippen LogP contribution is 2.10. The average molecular weight is 109 g/mol. The topological polar surface area (TPSA) is 15.4 Å². The molecule has 8 heavy (non-hydrogen) atoms. The van der Waals surface area contributed by atoms with Crippen LogP contribution in [0, 0.1) is 0 Å². The van der Waals surface area contributed by atoms with Gasteiger partial charge in [0.25, 0.3) is 0 Å². The molecule has 0 aromatic rings. The Bertz CT molecular complexity index is 167. The molecule has 0 aromatic carbocycles. The van der Waals surface area contributed by atoms with E-state index in [4.69, 9.17) is 0 Å². The van der Waals surface area contributed by atoms with E-state index in [-0.39, 0.29) is 0 Å². The third kappa shape index (κ3) is 0.427. The standard InChI is InChI=1S/C6H9N2/c1-2-6-3-4-7-8(6)5-1/h4H,1-3,5H2/q+1. The predicted octanol–water partition coefficient (Wildman–Crippen LogP) is 0.623. The summed E-state index contributed by atoms with van der Waals surface area (Å²) in [6.07, 6.45) is 5.70. The summed E-state index contributed by atoms with van der Waals surface area (Å²) in [5.74, 6) is 0. The number of hydrogen-bond acceptors (Lipinski definition) is 1. The van der Waals surface area contributed by atoms with Crippen LogP contribution in [-0.4, -0.2) is 23.2 Å². The average Bonchev–Trinajstić information content (AvgIpc) is 2.15. The van der Waals surface area contributed by atoms with E-state index in [0.717, 1.165) is 13.0 Å².